The molecule has 132 valence electrons. The van der Waals surface area contributed by atoms with E-state index >= 15 is 0 Å². The van der Waals surface area contributed by atoms with Crippen LogP contribution in [0.25, 0.3) is 0 Å². The summed E-state index contributed by atoms with van der Waals surface area (Å²) in [5, 5.41) is 0. The van der Waals surface area contributed by atoms with Gasteiger partial charge in [-0.05, 0) is 50.4 Å². The van der Waals surface area contributed by atoms with Crippen LogP contribution in [0.3, 0.4) is 0 Å². The first kappa shape index (κ1) is 16.3. The van der Waals surface area contributed by atoms with Crippen molar-refractivity contribution in [2.75, 3.05) is 0 Å². The maximum absolute atomic E-state index is 6.53. The van der Waals surface area contributed by atoms with Gasteiger partial charge >= 0.3 is 0 Å². The molecule has 23 heavy (non-hydrogen) atoms. The van der Waals surface area contributed by atoms with Crippen LogP contribution in [0.4, 0.5) is 0 Å². The van der Waals surface area contributed by atoms with E-state index in [0.717, 1.165) is 19.3 Å². The molecule has 5 fully saturated rings. The lowest BCUT2D eigenvalue weighted by molar-refractivity contribution is -0.571. The van der Waals surface area contributed by atoms with E-state index in [-0.39, 0.29) is 12.4 Å². The average molecular weight is 324 g/mol. The number of fused-ring (bicyclic) bond motifs is 2. The molecule has 1 unspecified atom stereocenters. The first-order valence-electron chi connectivity index (χ1n) is 9.70. The molecule has 4 nitrogen and oxygen atoms in total. The number of hydrogen-bond acceptors (Lipinski definition) is 4. The van der Waals surface area contributed by atoms with Crippen LogP contribution >= 0.6 is 0 Å². The second kappa shape index (κ2) is 5.69. The molecule has 0 radical (unpaired) electrons. The van der Waals surface area contributed by atoms with Gasteiger partial charge < -0.3 is 9.47 Å². The highest BCUT2D eigenvalue weighted by Crippen LogP contribution is 2.60. The van der Waals surface area contributed by atoms with Crippen molar-refractivity contribution < 1.29 is 19.2 Å². The topological polar surface area (TPSA) is 36.9 Å². The maximum Gasteiger partial charge on any atom is 0.201 e. The molecule has 0 aromatic rings. The van der Waals surface area contributed by atoms with Gasteiger partial charge in [-0.15, -0.1) is 0 Å². The predicted octanol–water partition coefficient (Wildman–Crippen LogP) is 4.43. The summed E-state index contributed by atoms with van der Waals surface area (Å²) in [7, 11) is 0. The molecule has 4 heterocycles. The highest BCUT2D eigenvalue weighted by molar-refractivity contribution is 5.09. The van der Waals surface area contributed by atoms with Crippen molar-refractivity contribution in [2.24, 2.45) is 23.7 Å². The highest BCUT2D eigenvalue weighted by atomic mass is 17.3. The van der Waals surface area contributed by atoms with Crippen LogP contribution in [-0.4, -0.2) is 23.8 Å². The van der Waals surface area contributed by atoms with Crippen LogP contribution in [0.2, 0.25) is 0 Å². The summed E-state index contributed by atoms with van der Waals surface area (Å²) in [5.41, 5.74) is -0.393. The molecule has 4 aliphatic heterocycles. The average Bonchev–Trinajstić information content (AvgIpc) is 2.76. The third-order valence-electron chi connectivity index (χ3n) is 7.14. The normalized spacial score (nSPS) is 55.3. The molecule has 4 saturated heterocycles. The van der Waals surface area contributed by atoms with Gasteiger partial charge in [0.1, 0.15) is 0 Å². The van der Waals surface area contributed by atoms with Gasteiger partial charge in [0.15, 0.2) is 11.9 Å². The van der Waals surface area contributed by atoms with Crippen LogP contribution in [0, 0.1) is 23.7 Å². The van der Waals surface area contributed by atoms with Gasteiger partial charge in [0.2, 0.25) is 5.79 Å². The molecule has 1 saturated carbocycles. The fraction of sp³-hybridized carbons (Fsp3) is 1.00. The van der Waals surface area contributed by atoms with Crippen molar-refractivity contribution in [1.82, 2.24) is 0 Å². The first-order valence-corrected chi connectivity index (χ1v) is 9.70. The number of hydrogen-bond donors (Lipinski definition) is 0. The van der Waals surface area contributed by atoms with Gasteiger partial charge in [-0.25, -0.2) is 9.78 Å². The summed E-state index contributed by atoms with van der Waals surface area (Å²) in [6.45, 7) is 8.96. The van der Waals surface area contributed by atoms with Gasteiger partial charge in [-0.3, -0.25) is 0 Å². The van der Waals surface area contributed by atoms with Crippen LogP contribution in [0.1, 0.15) is 72.6 Å². The fourth-order valence-electron chi connectivity index (χ4n) is 5.71. The second-order valence-electron chi connectivity index (χ2n) is 8.59. The predicted molar refractivity (Wildman–Crippen MR) is 86.4 cm³/mol. The molecule has 0 aromatic carbocycles. The molecular weight excluding hydrogens is 292 g/mol. The van der Waals surface area contributed by atoms with E-state index in [2.05, 4.69) is 20.8 Å². The Labute approximate surface area is 140 Å². The highest BCUT2D eigenvalue weighted by Gasteiger charge is 2.69. The molecule has 1 aliphatic carbocycles. The van der Waals surface area contributed by atoms with Gasteiger partial charge in [0.25, 0.3) is 0 Å². The van der Waals surface area contributed by atoms with Crippen LogP contribution in [-0.2, 0) is 19.2 Å². The molecule has 4 heteroatoms. The van der Waals surface area contributed by atoms with Crippen LogP contribution in [0.15, 0.2) is 0 Å². The van der Waals surface area contributed by atoms with E-state index in [9.17, 15) is 0 Å². The fourth-order valence-corrected chi connectivity index (χ4v) is 5.71. The minimum atomic E-state index is -0.645. The molecule has 8 atom stereocenters. The number of rotatable bonds is 3. The van der Waals surface area contributed by atoms with Crippen LogP contribution < -0.4 is 0 Å². The Morgan fingerprint density at radius 2 is 1.87 bits per heavy atom. The Hall–Kier alpha value is -0.160. The van der Waals surface area contributed by atoms with Crippen molar-refractivity contribution in [3.63, 3.8) is 0 Å². The van der Waals surface area contributed by atoms with Gasteiger partial charge in [0, 0.05) is 12.3 Å². The lowest BCUT2D eigenvalue weighted by atomic mass is 9.57. The van der Waals surface area contributed by atoms with E-state index in [4.69, 9.17) is 19.2 Å². The van der Waals surface area contributed by atoms with Gasteiger partial charge in [0.05, 0.1) is 6.10 Å². The quantitative estimate of drug-likeness (QED) is 0.720. The Morgan fingerprint density at radius 1 is 1.04 bits per heavy atom. The van der Waals surface area contributed by atoms with Crippen molar-refractivity contribution in [2.45, 2.75) is 96.4 Å². The van der Waals surface area contributed by atoms with Crippen molar-refractivity contribution >= 4 is 0 Å². The lowest BCUT2D eigenvalue weighted by Crippen LogP contribution is -2.70. The maximum atomic E-state index is 6.53. The summed E-state index contributed by atoms with van der Waals surface area (Å²) in [4.78, 5) is 12.0. The zero-order valence-electron chi connectivity index (χ0n) is 15.0. The van der Waals surface area contributed by atoms with E-state index in [0.29, 0.717) is 23.7 Å². The summed E-state index contributed by atoms with van der Waals surface area (Å²) in [6, 6.07) is 0. The molecule has 5 rings (SSSR count). The van der Waals surface area contributed by atoms with E-state index in [1.54, 1.807) is 0 Å². The Kier molecular flexibility index (Phi) is 4.03. The van der Waals surface area contributed by atoms with E-state index < -0.39 is 11.4 Å². The van der Waals surface area contributed by atoms with E-state index in [1.807, 2.05) is 6.92 Å². The monoisotopic (exact) mass is 324 g/mol. The first-order chi connectivity index (χ1) is 11.0. The third kappa shape index (κ3) is 2.32. The SMILES string of the molecule is CCCC[C@H]1O[C@@H]2OC3(C)CC[C@H]4[C@H](C)CC[C@@H]([C@H]1C)[C@@]24OO3. The molecule has 0 N–H and O–H groups in total. The minimum absolute atomic E-state index is 0.264. The zero-order valence-corrected chi connectivity index (χ0v) is 15.0. The minimum Gasteiger partial charge on any atom is -0.346 e. The third-order valence-corrected chi connectivity index (χ3v) is 7.14. The van der Waals surface area contributed by atoms with Crippen molar-refractivity contribution in [3.8, 4) is 0 Å². The smallest absolute Gasteiger partial charge is 0.201 e. The lowest BCUT2D eigenvalue weighted by Gasteiger charge is -2.60. The molecule has 2 bridgehead atoms. The van der Waals surface area contributed by atoms with Gasteiger partial charge in [-0.1, -0.05) is 33.6 Å². The van der Waals surface area contributed by atoms with Gasteiger partial charge in [-0.2, -0.15) is 0 Å². The molecule has 0 amide bonds. The summed E-state index contributed by atoms with van der Waals surface area (Å²) < 4.78 is 12.9. The van der Waals surface area contributed by atoms with E-state index in [1.165, 1.54) is 25.7 Å². The Bertz CT molecular complexity index is 455. The molecule has 0 aromatic heterocycles. The van der Waals surface area contributed by atoms with Crippen LogP contribution in [0.5, 0.6) is 0 Å². The summed E-state index contributed by atoms with van der Waals surface area (Å²) >= 11 is 0. The summed E-state index contributed by atoms with van der Waals surface area (Å²) in [5.74, 6) is 1.46. The largest absolute Gasteiger partial charge is 0.346 e. The second-order valence-corrected chi connectivity index (χ2v) is 8.59. The molecular formula is C19H32O4. The number of ether oxygens (including phenoxy) is 2. The molecule has 1 spiro atoms. The standard InChI is InChI=1S/C19H32O4/c1-5-6-7-16-13(3)15-9-8-12(2)14-10-11-18(4)21-17(20-16)19(14,15)23-22-18/h12-17H,5-11H2,1-4H3/t12-,13-,14+,15+,16-,17-,18?,19-/m1/s1. The van der Waals surface area contributed by atoms with Crippen molar-refractivity contribution in [3.05, 3.63) is 0 Å². The summed E-state index contributed by atoms with van der Waals surface area (Å²) in [6.07, 6.45) is 8.07. The Balaban J connectivity index is 1.70. The number of unbranched alkanes of at least 4 members (excludes halogenated alkanes) is 1. The Morgan fingerprint density at radius 3 is 2.65 bits per heavy atom. The zero-order chi connectivity index (χ0) is 16.2. The molecule has 5 aliphatic rings. The van der Waals surface area contributed by atoms with Crippen molar-refractivity contribution in [1.29, 1.82) is 0 Å².